The Morgan fingerprint density at radius 3 is 0.889 bits per heavy atom. The molecule has 0 atom stereocenters. The van der Waals surface area contributed by atoms with Crippen molar-refractivity contribution in [1.82, 2.24) is 0 Å². The second-order valence-corrected chi connectivity index (χ2v) is 16.7. The molecule has 0 aliphatic carbocycles. The molecule has 0 saturated heterocycles. The summed E-state index contributed by atoms with van der Waals surface area (Å²) >= 11 is 31.5. The van der Waals surface area contributed by atoms with Crippen LogP contribution in [0.2, 0.25) is 0 Å². The number of rotatable bonds is 2. The first kappa shape index (κ1) is 11.6. The third-order valence-corrected chi connectivity index (χ3v) is 6.25. The third kappa shape index (κ3) is 10.6. The Hall–Kier alpha value is 2.56. The molecule has 0 aromatic carbocycles. The van der Waals surface area contributed by atoms with Gasteiger partial charge in [0.25, 0.3) is 0 Å². The van der Waals surface area contributed by atoms with Crippen LogP contribution in [0, 0.1) is 0 Å². The minimum absolute atomic E-state index is 3.21. The fourth-order valence-corrected chi connectivity index (χ4v) is 10.6. The van der Waals surface area contributed by atoms with Gasteiger partial charge in [-0.2, -0.15) is 0 Å². The first-order valence-electron chi connectivity index (χ1n) is 1.54. The van der Waals surface area contributed by atoms with E-state index in [-0.39, 0.29) is 0 Å². The molecule has 0 aliphatic rings. The van der Waals surface area contributed by atoms with Crippen molar-refractivity contribution in [3.63, 3.8) is 0 Å². The van der Waals surface area contributed by atoms with Gasteiger partial charge in [-0.15, -0.1) is 0 Å². The SMILES string of the molecule is Cl[PH](Cl)(Cl)O[PH](Cl)(Cl)Cl. The molecular formula is H2Cl6OP2. The zero-order chi connectivity index (χ0) is 7.71. The van der Waals surface area contributed by atoms with E-state index < -0.39 is 11.1 Å². The first-order valence-corrected chi connectivity index (χ1v) is 11.4. The van der Waals surface area contributed by atoms with Gasteiger partial charge in [-0.25, -0.2) is 0 Å². The summed E-state index contributed by atoms with van der Waals surface area (Å²) in [4.78, 5) is 0. The van der Waals surface area contributed by atoms with Gasteiger partial charge in [0.15, 0.2) is 0 Å². The summed E-state index contributed by atoms with van der Waals surface area (Å²) < 4.78 is 4.50. The van der Waals surface area contributed by atoms with Crippen molar-refractivity contribution < 1.29 is 4.31 Å². The van der Waals surface area contributed by atoms with Crippen LogP contribution in [0.3, 0.4) is 0 Å². The molecule has 0 aromatic rings. The topological polar surface area (TPSA) is 9.23 Å². The Morgan fingerprint density at radius 2 is 0.889 bits per heavy atom. The molecule has 0 N–H and O–H groups in total. The normalized spacial score (nSPS) is 17.6. The van der Waals surface area contributed by atoms with E-state index in [1.54, 1.807) is 0 Å². The molecule has 0 spiro atoms. The van der Waals surface area contributed by atoms with Crippen LogP contribution in [-0.2, 0) is 4.31 Å². The molecule has 60 valence electrons. The van der Waals surface area contributed by atoms with Gasteiger partial charge in [-0.1, -0.05) is 0 Å². The van der Waals surface area contributed by atoms with Gasteiger partial charge in [0.2, 0.25) is 0 Å². The van der Waals surface area contributed by atoms with E-state index in [1.165, 1.54) is 0 Å². The maximum atomic E-state index is 5.25. The van der Waals surface area contributed by atoms with Gasteiger partial charge >= 0.3 is 82.9 Å². The molecule has 1 nitrogen and oxygen atoms in total. The Labute approximate surface area is 82.4 Å². The summed E-state index contributed by atoms with van der Waals surface area (Å²) in [6.45, 7) is 0. The summed E-state index contributed by atoms with van der Waals surface area (Å²) in [5.41, 5.74) is -6.42. The van der Waals surface area contributed by atoms with Crippen LogP contribution in [-0.4, -0.2) is 0 Å². The van der Waals surface area contributed by atoms with Crippen molar-refractivity contribution in [2.24, 2.45) is 0 Å². The van der Waals surface area contributed by atoms with Crippen molar-refractivity contribution in [2.45, 2.75) is 0 Å². The number of hydrogen-bond donors (Lipinski definition) is 0. The molecule has 9 heteroatoms. The van der Waals surface area contributed by atoms with E-state index >= 15 is 0 Å². The van der Waals surface area contributed by atoms with Crippen LogP contribution in [0.15, 0.2) is 0 Å². The fourth-order valence-electron chi connectivity index (χ4n) is 0.131. The van der Waals surface area contributed by atoms with Crippen molar-refractivity contribution in [3.05, 3.63) is 0 Å². The van der Waals surface area contributed by atoms with Gasteiger partial charge in [0, 0.05) is 0 Å². The molecule has 0 unspecified atom stereocenters. The van der Waals surface area contributed by atoms with E-state index in [9.17, 15) is 0 Å². The van der Waals surface area contributed by atoms with E-state index in [0.29, 0.717) is 0 Å². The Balaban J connectivity index is 3.75. The molecule has 9 heavy (non-hydrogen) atoms. The van der Waals surface area contributed by atoms with Crippen LogP contribution in [0.25, 0.3) is 0 Å². The third-order valence-electron chi connectivity index (χ3n) is 0.231. The zero-order valence-corrected chi connectivity index (χ0v) is 10.2. The maximum absolute atomic E-state index is 5.25. The van der Waals surface area contributed by atoms with Crippen LogP contribution < -0.4 is 0 Å². The summed E-state index contributed by atoms with van der Waals surface area (Å²) in [5.74, 6) is 0. The van der Waals surface area contributed by atoms with Crippen LogP contribution in [0.4, 0.5) is 0 Å². The van der Waals surface area contributed by atoms with Crippen molar-refractivity contribution in [2.75, 3.05) is 0 Å². The Kier molecular flexibility index (Phi) is 5.12. The van der Waals surface area contributed by atoms with Crippen molar-refractivity contribution in [3.8, 4) is 0 Å². The average Bonchev–Trinajstić information content (AvgIpc) is 1.14. The predicted molar refractivity (Wildman–Crippen MR) is 52.8 cm³/mol. The van der Waals surface area contributed by atoms with Gasteiger partial charge in [-0.05, 0) is 0 Å². The minimum atomic E-state index is -3.21. The fraction of sp³-hybridized carbons (Fsp3) is 0. The number of hydrogen-bond acceptors (Lipinski definition) is 1. The van der Waals surface area contributed by atoms with Gasteiger partial charge in [0.05, 0.1) is 0 Å². The molecule has 0 aromatic heterocycles. The molecule has 0 amide bonds. The second-order valence-electron chi connectivity index (χ2n) is 0.994. The van der Waals surface area contributed by atoms with E-state index in [1.807, 2.05) is 0 Å². The molecular weight excluding hydrogens is 291 g/mol. The van der Waals surface area contributed by atoms with E-state index in [0.717, 1.165) is 0 Å². The van der Waals surface area contributed by atoms with Gasteiger partial charge in [0.1, 0.15) is 0 Å². The van der Waals surface area contributed by atoms with Crippen LogP contribution in [0.5, 0.6) is 0 Å². The zero-order valence-electron chi connectivity index (χ0n) is 3.68. The molecule has 0 aliphatic heterocycles. The van der Waals surface area contributed by atoms with Crippen molar-refractivity contribution in [1.29, 1.82) is 0 Å². The van der Waals surface area contributed by atoms with Crippen LogP contribution in [0.1, 0.15) is 0 Å². The molecule has 0 saturated carbocycles. The van der Waals surface area contributed by atoms with Crippen LogP contribution >= 0.6 is 78.5 Å². The monoisotopic (exact) mass is 290 g/mol. The first-order chi connectivity index (χ1) is 3.71. The molecule has 0 rings (SSSR count). The predicted octanol–water partition coefficient (Wildman–Crippen LogP) is 5.26. The average molecular weight is 293 g/mol. The van der Waals surface area contributed by atoms with Crippen molar-refractivity contribution >= 4 is 78.5 Å². The molecule has 0 bridgehead atoms. The standard InChI is InChI=1S/Cl6H2OP2/c1-8(2,3)7-9(4,5)6/h8-9H. The summed E-state index contributed by atoms with van der Waals surface area (Å²) in [6, 6.07) is 0. The Morgan fingerprint density at radius 1 is 0.667 bits per heavy atom. The van der Waals surface area contributed by atoms with Gasteiger partial charge in [-0.3, -0.25) is 0 Å². The molecule has 0 radical (unpaired) electrons. The van der Waals surface area contributed by atoms with E-state index in [2.05, 4.69) is 4.31 Å². The van der Waals surface area contributed by atoms with Gasteiger partial charge < -0.3 is 0 Å². The summed E-state index contributed by atoms with van der Waals surface area (Å²) in [6.07, 6.45) is 0. The van der Waals surface area contributed by atoms with E-state index in [4.69, 9.17) is 67.4 Å². The summed E-state index contributed by atoms with van der Waals surface area (Å²) in [7, 11) is 0. The quantitative estimate of drug-likeness (QED) is 0.631. The molecule has 0 heterocycles. The Bertz CT molecular complexity index is 76.2. The summed E-state index contributed by atoms with van der Waals surface area (Å²) in [5, 5.41) is 0. The second kappa shape index (κ2) is 3.99. The molecule has 0 fully saturated rings. The number of halogens is 6.